The summed E-state index contributed by atoms with van der Waals surface area (Å²) in [5, 5.41) is 0.402. The maximum Gasteiger partial charge on any atom is 0.212 e. The number of carbonyl (C=O) groups is 1. The molecule has 180 valence electrons. The summed E-state index contributed by atoms with van der Waals surface area (Å²) in [6.07, 6.45) is 4.57. The number of fused-ring (bicyclic) bond motifs is 1. The Morgan fingerprint density at radius 3 is 2.58 bits per heavy atom. The molecule has 36 heavy (non-hydrogen) atoms. The molecule has 3 heterocycles. The molecule has 0 atom stereocenters. The Bertz CT molecular complexity index is 1590. The Kier molecular flexibility index (Phi) is 6.34. The van der Waals surface area contributed by atoms with Crippen LogP contribution in [0.15, 0.2) is 78.1 Å². The molecule has 0 unspecified atom stereocenters. The van der Waals surface area contributed by atoms with E-state index in [1.165, 1.54) is 37.6 Å². The SMILES string of the molecule is COc1ccc(-c2cnc3[nH]cc(C(=O)c4c(F)ccc(NSc5cccc(F)c5)c4F)c3c2)cn1. The molecule has 2 aromatic carbocycles. The molecule has 0 saturated carbocycles. The van der Waals surface area contributed by atoms with Crippen molar-refractivity contribution in [1.82, 2.24) is 15.0 Å². The van der Waals surface area contributed by atoms with E-state index in [9.17, 15) is 13.6 Å². The minimum Gasteiger partial charge on any atom is -0.481 e. The lowest BCUT2D eigenvalue weighted by atomic mass is 10.00. The second kappa shape index (κ2) is 9.74. The predicted octanol–water partition coefficient (Wildman–Crippen LogP) is 6.40. The molecule has 0 radical (unpaired) electrons. The summed E-state index contributed by atoms with van der Waals surface area (Å²) in [6, 6.07) is 13.0. The summed E-state index contributed by atoms with van der Waals surface area (Å²) in [5.41, 5.74) is 1.01. The number of benzene rings is 2. The van der Waals surface area contributed by atoms with Crippen LogP contribution in [-0.4, -0.2) is 27.8 Å². The van der Waals surface area contributed by atoms with Gasteiger partial charge in [0.1, 0.15) is 17.3 Å². The number of rotatable bonds is 7. The molecule has 0 aliphatic heterocycles. The van der Waals surface area contributed by atoms with Crippen LogP contribution in [0.4, 0.5) is 18.9 Å². The first-order chi connectivity index (χ1) is 17.4. The van der Waals surface area contributed by atoms with Crippen LogP contribution < -0.4 is 9.46 Å². The van der Waals surface area contributed by atoms with E-state index in [0.717, 1.165) is 23.6 Å². The third kappa shape index (κ3) is 4.50. The predicted molar refractivity (Wildman–Crippen MR) is 132 cm³/mol. The number of pyridine rings is 2. The van der Waals surface area contributed by atoms with Crippen LogP contribution in [0.1, 0.15) is 15.9 Å². The number of methoxy groups -OCH3 is 1. The van der Waals surface area contributed by atoms with E-state index in [1.54, 1.807) is 36.7 Å². The maximum absolute atomic E-state index is 15.3. The molecule has 10 heteroatoms. The van der Waals surface area contributed by atoms with Crippen LogP contribution in [0.25, 0.3) is 22.2 Å². The number of aromatic amines is 1. The lowest BCUT2D eigenvalue weighted by molar-refractivity contribution is 0.103. The van der Waals surface area contributed by atoms with Crippen LogP contribution in [0.5, 0.6) is 5.88 Å². The number of nitrogens with zero attached hydrogens (tertiary/aromatic N) is 2. The van der Waals surface area contributed by atoms with Crippen LogP contribution in [0.2, 0.25) is 0 Å². The Morgan fingerprint density at radius 1 is 1.00 bits per heavy atom. The van der Waals surface area contributed by atoms with E-state index in [0.29, 0.717) is 27.4 Å². The molecule has 0 spiro atoms. The van der Waals surface area contributed by atoms with Gasteiger partial charge in [0.15, 0.2) is 5.82 Å². The minimum absolute atomic E-state index is 0.0635. The zero-order chi connectivity index (χ0) is 25.2. The number of nitrogens with one attached hydrogen (secondary N) is 2. The van der Waals surface area contributed by atoms with Crippen molar-refractivity contribution in [2.45, 2.75) is 4.90 Å². The van der Waals surface area contributed by atoms with Crippen molar-refractivity contribution in [2.75, 3.05) is 11.8 Å². The summed E-state index contributed by atoms with van der Waals surface area (Å²) >= 11 is 0.936. The average Bonchev–Trinajstić information content (AvgIpc) is 3.32. The smallest absolute Gasteiger partial charge is 0.212 e. The normalized spacial score (nSPS) is 11.0. The minimum atomic E-state index is -1.05. The quantitative estimate of drug-likeness (QED) is 0.196. The second-order valence-corrected chi connectivity index (χ2v) is 8.57. The number of carbonyl (C=O) groups excluding carboxylic acids is 1. The number of ether oxygens (including phenoxy) is 1. The Labute approximate surface area is 207 Å². The zero-order valence-corrected chi connectivity index (χ0v) is 19.5. The van der Waals surface area contributed by atoms with Gasteiger partial charge in [0, 0.05) is 51.6 Å². The highest BCUT2D eigenvalue weighted by atomic mass is 32.2. The molecule has 3 aromatic heterocycles. The summed E-state index contributed by atoms with van der Waals surface area (Å²) in [7, 11) is 1.51. The number of hydrogen-bond donors (Lipinski definition) is 2. The first kappa shape index (κ1) is 23.4. The van der Waals surface area contributed by atoms with Crippen molar-refractivity contribution >= 4 is 34.5 Å². The number of anilines is 1. The van der Waals surface area contributed by atoms with Crippen molar-refractivity contribution in [3.05, 3.63) is 102 Å². The molecular weight excluding hydrogens is 489 g/mol. The van der Waals surface area contributed by atoms with Crippen molar-refractivity contribution in [2.24, 2.45) is 0 Å². The fourth-order valence-corrected chi connectivity index (χ4v) is 4.34. The van der Waals surface area contributed by atoms with Gasteiger partial charge in [-0.15, -0.1) is 0 Å². The van der Waals surface area contributed by atoms with Gasteiger partial charge in [-0.1, -0.05) is 6.07 Å². The van der Waals surface area contributed by atoms with Gasteiger partial charge in [0.05, 0.1) is 18.4 Å². The molecule has 5 rings (SSSR count). The van der Waals surface area contributed by atoms with Gasteiger partial charge >= 0.3 is 0 Å². The molecule has 5 aromatic rings. The molecule has 0 aliphatic carbocycles. The number of halogens is 3. The zero-order valence-electron chi connectivity index (χ0n) is 18.7. The average molecular weight is 507 g/mol. The molecule has 0 amide bonds. The fraction of sp³-hybridized carbons (Fsp3) is 0.0385. The van der Waals surface area contributed by atoms with Crippen LogP contribution >= 0.6 is 11.9 Å². The first-order valence-electron chi connectivity index (χ1n) is 10.6. The van der Waals surface area contributed by atoms with Crippen LogP contribution in [0.3, 0.4) is 0 Å². The monoisotopic (exact) mass is 506 g/mol. The van der Waals surface area contributed by atoms with Crippen molar-refractivity contribution in [3.8, 4) is 17.0 Å². The topological polar surface area (TPSA) is 79.9 Å². The van der Waals surface area contributed by atoms with Gasteiger partial charge in [-0.3, -0.25) is 4.79 Å². The van der Waals surface area contributed by atoms with E-state index in [-0.39, 0.29) is 11.3 Å². The highest BCUT2D eigenvalue weighted by Gasteiger charge is 2.25. The van der Waals surface area contributed by atoms with E-state index in [4.69, 9.17) is 4.74 Å². The third-order valence-corrected chi connectivity index (χ3v) is 6.26. The molecular formula is C26H17F3N4O2S. The molecule has 0 fully saturated rings. The van der Waals surface area contributed by atoms with Crippen LogP contribution in [0, 0.1) is 17.5 Å². The van der Waals surface area contributed by atoms with E-state index >= 15 is 4.39 Å². The number of aromatic nitrogens is 3. The largest absolute Gasteiger partial charge is 0.481 e. The molecule has 0 saturated heterocycles. The first-order valence-corrected chi connectivity index (χ1v) is 11.4. The van der Waals surface area contributed by atoms with Gasteiger partial charge in [0.2, 0.25) is 11.7 Å². The van der Waals surface area contributed by atoms with Gasteiger partial charge < -0.3 is 14.4 Å². The van der Waals surface area contributed by atoms with Crippen molar-refractivity contribution in [1.29, 1.82) is 0 Å². The van der Waals surface area contributed by atoms with Gasteiger partial charge in [-0.25, -0.2) is 23.1 Å². The van der Waals surface area contributed by atoms with Gasteiger partial charge in [-0.2, -0.15) is 0 Å². The van der Waals surface area contributed by atoms with E-state index in [2.05, 4.69) is 19.7 Å². The van der Waals surface area contributed by atoms with Gasteiger partial charge in [0.25, 0.3) is 0 Å². The highest BCUT2D eigenvalue weighted by molar-refractivity contribution is 8.00. The lowest BCUT2D eigenvalue weighted by Gasteiger charge is -2.11. The number of ketones is 1. The van der Waals surface area contributed by atoms with Crippen molar-refractivity contribution in [3.63, 3.8) is 0 Å². The number of hydrogen-bond acceptors (Lipinski definition) is 6. The number of H-pyrrole nitrogens is 1. The molecule has 0 bridgehead atoms. The lowest BCUT2D eigenvalue weighted by Crippen LogP contribution is -2.09. The second-order valence-electron chi connectivity index (χ2n) is 7.69. The summed E-state index contributed by atoms with van der Waals surface area (Å²) < 4.78 is 51.2. The maximum atomic E-state index is 15.3. The van der Waals surface area contributed by atoms with E-state index in [1.807, 2.05) is 0 Å². The summed E-state index contributed by atoms with van der Waals surface area (Å²) in [5.74, 6) is -2.91. The standard InChI is InChI=1S/C26H17F3N4O2S/c1-35-22-8-5-14(11-30-22)15-9-18-19(13-32-26(18)31-12-15)25(34)23-20(28)6-7-21(24(23)29)33-36-17-4-2-3-16(27)10-17/h2-13,33H,1H3,(H,31,32). The fourth-order valence-electron chi connectivity index (χ4n) is 3.64. The molecule has 6 nitrogen and oxygen atoms in total. The Hall–Kier alpha value is -4.31. The summed E-state index contributed by atoms with van der Waals surface area (Å²) in [6.45, 7) is 0. The molecule has 2 N–H and O–H groups in total. The van der Waals surface area contributed by atoms with Crippen LogP contribution in [-0.2, 0) is 0 Å². The Morgan fingerprint density at radius 2 is 1.83 bits per heavy atom. The van der Waals surface area contributed by atoms with Crippen molar-refractivity contribution < 1.29 is 22.7 Å². The van der Waals surface area contributed by atoms with E-state index < -0.39 is 28.8 Å². The highest BCUT2D eigenvalue weighted by Crippen LogP contribution is 2.31. The third-order valence-electron chi connectivity index (χ3n) is 5.45. The Balaban J connectivity index is 1.48. The summed E-state index contributed by atoms with van der Waals surface area (Å²) in [4.78, 5) is 25.2. The van der Waals surface area contributed by atoms with Gasteiger partial charge in [-0.05, 0) is 54.4 Å². The molecule has 0 aliphatic rings.